The fourth-order valence-electron chi connectivity index (χ4n) is 3.34. The Balaban J connectivity index is 1.50. The largest absolute Gasteiger partial charge is 0.370 e. The normalized spacial score (nSPS) is 16.6. The third kappa shape index (κ3) is 3.93. The van der Waals surface area contributed by atoms with Crippen molar-refractivity contribution in [3.8, 4) is 6.07 Å². The highest BCUT2D eigenvalue weighted by Gasteiger charge is 2.21. The fourth-order valence-corrected chi connectivity index (χ4v) is 3.34. The van der Waals surface area contributed by atoms with E-state index in [0.717, 1.165) is 43.7 Å². The van der Waals surface area contributed by atoms with Crippen LogP contribution in [-0.2, 0) is 0 Å². The number of anilines is 1. The second-order valence-electron chi connectivity index (χ2n) is 6.47. The van der Waals surface area contributed by atoms with Crippen molar-refractivity contribution in [2.45, 2.75) is 25.8 Å². The van der Waals surface area contributed by atoms with Crippen molar-refractivity contribution in [2.75, 3.05) is 24.5 Å². The van der Waals surface area contributed by atoms with E-state index >= 15 is 0 Å². The first-order valence-corrected chi connectivity index (χ1v) is 8.65. The zero-order valence-corrected chi connectivity index (χ0v) is 14.2. The zero-order chi connectivity index (χ0) is 16.8. The second-order valence-corrected chi connectivity index (χ2v) is 6.47. The van der Waals surface area contributed by atoms with Gasteiger partial charge in [0.2, 0.25) is 0 Å². The minimum absolute atomic E-state index is 0.352. The number of nitriles is 1. The molecule has 1 unspecified atom stereocenters. The van der Waals surface area contributed by atoms with E-state index < -0.39 is 0 Å². The first kappa shape index (κ1) is 16.5. The predicted octanol–water partition coefficient (Wildman–Crippen LogP) is 3.52. The van der Waals surface area contributed by atoms with E-state index in [-0.39, 0.29) is 0 Å². The van der Waals surface area contributed by atoms with Crippen molar-refractivity contribution >= 4 is 5.69 Å². The van der Waals surface area contributed by atoms with Crippen molar-refractivity contribution in [2.24, 2.45) is 5.92 Å². The van der Waals surface area contributed by atoms with Gasteiger partial charge >= 0.3 is 0 Å². The number of piperidine rings is 1. The minimum atomic E-state index is 0.352. The lowest BCUT2D eigenvalue weighted by atomic mass is 9.95. The van der Waals surface area contributed by atoms with Crippen LogP contribution in [0.5, 0.6) is 0 Å². The monoisotopic (exact) mass is 320 g/mol. The summed E-state index contributed by atoms with van der Waals surface area (Å²) < 4.78 is 0. The number of hydrogen-bond acceptors (Lipinski definition) is 4. The van der Waals surface area contributed by atoms with Gasteiger partial charge in [-0.15, -0.1) is 0 Å². The molecule has 0 radical (unpaired) electrons. The molecule has 3 rings (SSSR count). The van der Waals surface area contributed by atoms with Gasteiger partial charge in [-0.05, 0) is 62.1 Å². The maximum Gasteiger partial charge on any atom is 0.101 e. The number of para-hydroxylation sites is 1. The second kappa shape index (κ2) is 7.94. The van der Waals surface area contributed by atoms with Crippen LogP contribution >= 0.6 is 0 Å². The molecule has 1 aliphatic rings. The average molecular weight is 320 g/mol. The lowest BCUT2D eigenvalue weighted by molar-refractivity contribution is 0.367. The van der Waals surface area contributed by atoms with E-state index in [2.05, 4.69) is 46.4 Å². The molecule has 0 aliphatic carbocycles. The van der Waals surface area contributed by atoms with Gasteiger partial charge in [-0.3, -0.25) is 4.98 Å². The number of rotatable bonds is 5. The Morgan fingerprint density at radius 1 is 1.21 bits per heavy atom. The topological polar surface area (TPSA) is 52.0 Å². The van der Waals surface area contributed by atoms with Crippen molar-refractivity contribution in [1.29, 1.82) is 5.26 Å². The van der Waals surface area contributed by atoms with Gasteiger partial charge in [0.05, 0.1) is 11.3 Å². The SMILES string of the molecule is CC(NCC1CCN(c2ccccc2C#N)CC1)c1ccncc1. The first-order valence-electron chi connectivity index (χ1n) is 8.65. The predicted molar refractivity (Wildman–Crippen MR) is 96.7 cm³/mol. The van der Waals surface area contributed by atoms with Gasteiger partial charge in [-0.1, -0.05) is 12.1 Å². The third-order valence-electron chi connectivity index (χ3n) is 4.90. The lowest BCUT2D eigenvalue weighted by Crippen LogP contribution is -2.38. The Labute approximate surface area is 144 Å². The summed E-state index contributed by atoms with van der Waals surface area (Å²) in [6, 6.07) is 14.7. The Kier molecular flexibility index (Phi) is 5.45. The van der Waals surface area contributed by atoms with Crippen molar-refractivity contribution < 1.29 is 0 Å². The van der Waals surface area contributed by atoms with E-state index in [1.54, 1.807) is 0 Å². The molecular formula is C20H24N4. The summed E-state index contributed by atoms with van der Waals surface area (Å²) >= 11 is 0. The Hall–Kier alpha value is -2.38. The van der Waals surface area contributed by atoms with Crippen LogP contribution in [0.15, 0.2) is 48.8 Å². The number of nitrogens with one attached hydrogen (secondary N) is 1. The van der Waals surface area contributed by atoms with Crippen LogP contribution in [0.3, 0.4) is 0 Å². The summed E-state index contributed by atoms with van der Waals surface area (Å²) in [5.74, 6) is 0.694. The summed E-state index contributed by atoms with van der Waals surface area (Å²) in [6.07, 6.45) is 6.02. The third-order valence-corrected chi connectivity index (χ3v) is 4.90. The highest BCUT2D eigenvalue weighted by molar-refractivity contribution is 5.59. The molecule has 4 nitrogen and oxygen atoms in total. The average Bonchev–Trinajstić information content (AvgIpc) is 2.67. The van der Waals surface area contributed by atoms with Gasteiger partial charge in [-0.2, -0.15) is 5.26 Å². The highest BCUT2D eigenvalue weighted by Crippen LogP contribution is 2.26. The van der Waals surface area contributed by atoms with Crippen LogP contribution in [-0.4, -0.2) is 24.6 Å². The lowest BCUT2D eigenvalue weighted by Gasteiger charge is -2.34. The molecule has 2 aromatic rings. The molecule has 24 heavy (non-hydrogen) atoms. The molecule has 1 atom stereocenters. The smallest absolute Gasteiger partial charge is 0.101 e. The molecular weight excluding hydrogens is 296 g/mol. The molecule has 124 valence electrons. The van der Waals surface area contributed by atoms with Gasteiger partial charge < -0.3 is 10.2 Å². The number of nitrogens with zero attached hydrogens (tertiary/aromatic N) is 3. The van der Waals surface area contributed by atoms with E-state index in [1.165, 1.54) is 5.56 Å². The number of hydrogen-bond donors (Lipinski definition) is 1. The Morgan fingerprint density at radius 3 is 2.62 bits per heavy atom. The standard InChI is InChI=1S/C20H24N4/c1-16(18-6-10-22-11-7-18)23-15-17-8-12-24(13-9-17)20-5-3-2-4-19(20)14-21/h2-7,10-11,16-17,23H,8-9,12-13,15H2,1H3. The highest BCUT2D eigenvalue weighted by atomic mass is 15.1. The number of aromatic nitrogens is 1. The molecule has 4 heteroatoms. The van der Waals surface area contributed by atoms with Gasteiger partial charge in [0.1, 0.15) is 6.07 Å². The van der Waals surface area contributed by atoms with Gasteiger partial charge in [0.25, 0.3) is 0 Å². The van der Waals surface area contributed by atoms with E-state index in [4.69, 9.17) is 0 Å². The van der Waals surface area contributed by atoms with E-state index in [0.29, 0.717) is 12.0 Å². The van der Waals surface area contributed by atoms with E-state index in [9.17, 15) is 5.26 Å². The van der Waals surface area contributed by atoms with Crippen LogP contribution in [0.2, 0.25) is 0 Å². The maximum atomic E-state index is 9.26. The van der Waals surface area contributed by atoms with Crippen LogP contribution < -0.4 is 10.2 Å². The molecule has 1 aromatic carbocycles. The van der Waals surface area contributed by atoms with Crippen molar-refractivity contribution in [3.63, 3.8) is 0 Å². The molecule has 1 aliphatic heterocycles. The Bertz CT molecular complexity index is 684. The minimum Gasteiger partial charge on any atom is -0.370 e. The molecule has 2 heterocycles. The van der Waals surface area contributed by atoms with E-state index in [1.807, 2.05) is 30.6 Å². The summed E-state index contributed by atoms with van der Waals surface area (Å²) in [6.45, 7) is 5.29. The van der Waals surface area contributed by atoms with Crippen LogP contribution in [0.25, 0.3) is 0 Å². The van der Waals surface area contributed by atoms with Crippen LogP contribution in [0.4, 0.5) is 5.69 Å². The summed E-state index contributed by atoms with van der Waals surface area (Å²) in [5.41, 5.74) is 3.14. The molecule has 1 aromatic heterocycles. The quantitative estimate of drug-likeness (QED) is 0.916. The molecule has 0 saturated carbocycles. The summed E-state index contributed by atoms with van der Waals surface area (Å²) in [4.78, 5) is 6.42. The number of pyridine rings is 1. The van der Waals surface area contributed by atoms with Crippen LogP contribution in [0.1, 0.15) is 36.9 Å². The van der Waals surface area contributed by atoms with Gasteiger partial charge in [0, 0.05) is 31.5 Å². The maximum absolute atomic E-state index is 9.26. The van der Waals surface area contributed by atoms with Crippen molar-refractivity contribution in [3.05, 3.63) is 59.9 Å². The van der Waals surface area contributed by atoms with Gasteiger partial charge in [-0.25, -0.2) is 0 Å². The molecule has 1 N–H and O–H groups in total. The molecule has 1 saturated heterocycles. The Morgan fingerprint density at radius 2 is 1.92 bits per heavy atom. The summed E-state index contributed by atoms with van der Waals surface area (Å²) in [7, 11) is 0. The molecule has 0 bridgehead atoms. The van der Waals surface area contributed by atoms with Crippen molar-refractivity contribution in [1.82, 2.24) is 10.3 Å². The molecule has 0 amide bonds. The van der Waals surface area contributed by atoms with Gasteiger partial charge in [0.15, 0.2) is 0 Å². The first-order chi connectivity index (χ1) is 11.8. The zero-order valence-electron chi connectivity index (χ0n) is 14.2. The fraction of sp³-hybridized carbons (Fsp3) is 0.400. The number of benzene rings is 1. The van der Waals surface area contributed by atoms with Crippen LogP contribution in [0, 0.1) is 17.2 Å². The molecule has 1 fully saturated rings. The molecule has 0 spiro atoms. The summed E-state index contributed by atoms with van der Waals surface area (Å²) in [5, 5.41) is 12.9.